The third-order valence-electron chi connectivity index (χ3n) is 6.22. The maximum atomic E-state index is 14.2. The SMILES string of the molecule is O=C(O)Oc1cc(OC(=O)O)c(C(=O)N(Cc2cccc(Cl)c2Cl)[C@H]2CCCc3ccccc32)cc1OC(=O)O. The highest BCUT2D eigenvalue weighted by Gasteiger charge is 2.33. The first kappa shape index (κ1) is 28.5. The number of carbonyl (C=O) groups is 4. The molecule has 0 unspecified atom stereocenters. The Kier molecular flexibility index (Phi) is 8.66. The Labute approximate surface area is 237 Å². The Morgan fingerprint density at radius 3 is 2.12 bits per heavy atom. The van der Waals surface area contributed by atoms with E-state index >= 15 is 0 Å². The van der Waals surface area contributed by atoms with Crippen molar-refractivity contribution in [2.75, 3.05) is 0 Å². The number of ether oxygens (including phenoxy) is 3. The first-order valence-electron chi connectivity index (χ1n) is 11.8. The van der Waals surface area contributed by atoms with Crippen LogP contribution >= 0.6 is 23.2 Å². The molecular weight excluding hydrogens is 569 g/mol. The van der Waals surface area contributed by atoms with Gasteiger partial charge in [-0.05, 0) is 42.0 Å². The molecule has 13 heteroatoms. The van der Waals surface area contributed by atoms with Crippen molar-refractivity contribution in [1.82, 2.24) is 4.90 Å². The number of halogens is 2. The smallest absolute Gasteiger partial charge is 0.449 e. The van der Waals surface area contributed by atoms with Crippen molar-refractivity contribution in [2.45, 2.75) is 31.8 Å². The Balaban J connectivity index is 1.89. The summed E-state index contributed by atoms with van der Waals surface area (Å²) in [6.45, 7) is -0.0633. The average molecular weight is 590 g/mol. The lowest BCUT2D eigenvalue weighted by Gasteiger charge is -2.36. The second kappa shape index (κ2) is 12.1. The van der Waals surface area contributed by atoms with Gasteiger partial charge in [0.1, 0.15) is 0 Å². The topological polar surface area (TPSA) is 160 Å². The lowest BCUT2D eigenvalue weighted by atomic mass is 9.86. The number of amides is 1. The molecular formula is C27H21Cl2NO10. The fourth-order valence-corrected chi connectivity index (χ4v) is 5.00. The van der Waals surface area contributed by atoms with Crippen LogP contribution in [0.15, 0.2) is 54.6 Å². The molecule has 0 fully saturated rings. The summed E-state index contributed by atoms with van der Waals surface area (Å²) in [6.07, 6.45) is -3.40. The van der Waals surface area contributed by atoms with E-state index in [9.17, 15) is 29.4 Å². The minimum atomic E-state index is -1.84. The van der Waals surface area contributed by atoms with Gasteiger partial charge in [-0.1, -0.05) is 59.6 Å². The number of hydrogen-bond acceptors (Lipinski definition) is 7. The van der Waals surface area contributed by atoms with E-state index in [0.29, 0.717) is 12.0 Å². The Bertz CT molecular complexity index is 1490. The molecule has 0 saturated carbocycles. The highest BCUT2D eigenvalue weighted by atomic mass is 35.5. The van der Waals surface area contributed by atoms with Crippen molar-refractivity contribution >= 4 is 47.6 Å². The van der Waals surface area contributed by atoms with E-state index in [1.165, 1.54) is 4.90 Å². The van der Waals surface area contributed by atoms with Crippen LogP contribution in [0.3, 0.4) is 0 Å². The van der Waals surface area contributed by atoms with Crippen LogP contribution in [0, 0.1) is 0 Å². The average Bonchev–Trinajstić information content (AvgIpc) is 2.89. The van der Waals surface area contributed by atoms with E-state index in [0.717, 1.165) is 36.1 Å². The molecule has 3 aromatic carbocycles. The summed E-state index contributed by atoms with van der Waals surface area (Å²) in [4.78, 5) is 49.7. The molecule has 0 spiro atoms. The maximum Gasteiger partial charge on any atom is 0.511 e. The Morgan fingerprint density at radius 2 is 1.45 bits per heavy atom. The molecule has 3 aromatic rings. The molecule has 11 nitrogen and oxygen atoms in total. The monoisotopic (exact) mass is 589 g/mol. The van der Waals surface area contributed by atoms with E-state index in [2.05, 4.69) is 9.47 Å². The fourth-order valence-electron chi connectivity index (χ4n) is 4.62. The molecule has 1 atom stereocenters. The zero-order valence-electron chi connectivity index (χ0n) is 20.5. The van der Waals surface area contributed by atoms with Crippen LogP contribution in [0.4, 0.5) is 14.4 Å². The Hall–Kier alpha value is -4.48. The molecule has 0 heterocycles. The van der Waals surface area contributed by atoms with Gasteiger partial charge >= 0.3 is 18.5 Å². The summed E-state index contributed by atoms with van der Waals surface area (Å²) in [5, 5.41) is 28.0. The van der Waals surface area contributed by atoms with Crippen molar-refractivity contribution in [3.05, 3.63) is 86.9 Å². The molecule has 0 radical (unpaired) electrons. The summed E-state index contributed by atoms with van der Waals surface area (Å²) in [6, 6.07) is 13.6. The van der Waals surface area contributed by atoms with Crippen LogP contribution in [0.2, 0.25) is 10.0 Å². The first-order valence-corrected chi connectivity index (χ1v) is 12.5. The summed E-state index contributed by atoms with van der Waals surface area (Å²) in [7, 11) is 0. The molecule has 0 bridgehead atoms. The number of carbonyl (C=O) groups excluding carboxylic acids is 1. The minimum absolute atomic E-state index is 0.0633. The number of carboxylic acid groups (broad SMARTS) is 3. The van der Waals surface area contributed by atoms with E-state index in [1.54, 1.807) is 18.2 Å². The fraction of sp³-hybridized carbons (Fsp3) is 0.185. The second-order valence-electron chi connectivity index (χ2n) is 8.65. The second-order valence-corrected chi connectivity index (χ2v) is 9.44. The van der Waals surface area contributed by atoms with E-state index in [4.69, 9.17) is 33.0 Å². The van der Waals surface area contributed by atoms with Crippen LogP contribution in [0.1, 0.15) is 45.9 Å². The van der Waals surface area contributed by atoms with Crippen molar-refractivity contribution < 1.29 is 48.7 Å². The zero-order valence-corrected chi connectivity index (χ0v) is 22.0. The van der Waals surface area contributed by atoms with Gasteiger partial charge in [0.05, 0.1) is 21.7 Å². The Morgan fingerprint density at radius 1 is 0.825 bits per heavy atom. The quantitative estimate of drug-likeness (QED) is 0.195. The van der Waals surface area contributed by atoms with Crippen LogP contribution in [-0.4, -0.2) is 44.6 Å². The summed E-state index contributed by atoms with van der Waals surface area (Å²) >= 11 is 12.7. The molecule has 1 amide bonds. The van der Waals surface area contributed by atoms with Crippen molar-refractivity contribution in [3.8, 4) is 17.2 Å². The predicted octanol–water partition coefficient (Wildman–Crippen LogP) is 6.88. The van der Waals surface area contributed by atoms with E-state index < -0.39 is 53.2 Å². The highest BCUT2D eigenvalue weighted by molar-refractivity contribution is 6.42. The lowest BCUT2D eigenvalue weighted by Crippen LogP contribution is -2.36. The van der Waals surface area contributed by atoms with Gasteiger partial charge in [-0.15, -0.1) is 0 Å². The molecule has 0 saturated heterocycles. The highest BCUT2D eigenvalue weighted by Crippen LogP contribution is 2.41. The van der Waals surface area contributed by atoms with Crippen molar-refractivity contribution in [3.63, 3.8) is 0 Å². The molecule has 0 aromatic heterocycles. The standard InChI is InChI=1S/C27H21Cl2NO10/c28-18-9-3-7-15(23(18)29)13-30(19-10-4-6-14-5-1-2-8-16(14)19)24(31)17-11-21(39-26(34)35)22(40-27(36)37)12-20(17)38-25(32)33/h1-3,5,7-9,11-12,19H,4,6,10,13H2,(H,32,33)(H,34,35)(H,36,37)/t19-/m0/s1. The summed E-state index contributed by atoms with van der Waals surface area (Å²) in [5.74, 6) is -2.74. The number of rotatable bonds is 7. The van der Waals surface area contributed by atoms with Crippen molar-refractivity contribution in [1.29, 1.82) is 0 Å². The van der Waals surface area contributed by atoms with Crippen LogP contribution in [0.5, 0.6) is 17.2 Å². The van der Waals surface area contributed by atoms with Gasteiger partial charge in [0.25, 0.3) is 5.91 Å². The van der Waals surface area contributed by atoms with Gasteiger partial charge in [-0.2, -0.15) is 0 Å². The molecule has 4 rings (SSSR count). The zero-order chi connectivity index (χ0) is 29.0. The van der Waals surface area contributed by atoms with Gasteiger partial charge < -0.3 is 34.4 Å². The number of benzene rings is 3. The van der Waals surface area contributed by atoms with Crippen LogP contribution < -0.4 is 14.2 Å². The third-order valence-corrected chi connectivity index (χ3v) is 7.07. The van der Waals surface area contributed by atoms with E-state index in [-0.39, 0.29) is 16.6 Å². The largest absolute Gasteiger partial charge is 0.511 e. The third kappa shape index (κ3) is 6.38. The number of hydrogen-bond donors (Lipinski definition) is 3. The maximum absolute atomic E-state index is 14.2. The predicted molar refractivity (Wildman–Crippen MR) is 141 cm³/mol. The summed E-state index contributed by atoms with van der Waals surface area (Å²) < 4.78 is 14.0. The van der Waals surface area contributed by atoms with Gasteiger partial charge in [-0.3, -0.25) is 4.79 Å². The van der Waals surface area contributed by atoms with Gasteiger partial charge in [0, 0.05) is 18.7 Å². The van der Waals surface area contributed by atoms with Crippen molar-refractivity contribution in [2.24, 2.45) is 0 Å². The molecule has 40 heavy (non-hydrogen) atoms. The minimum Gasteiger partial charge on any atom is -0.449 e. The lowest BCUT2D eigenvalue weighted by molar-refractivity contribution is 0.0633. The molecule has 208 valence electrons. The molecule has 1 aliphatic carbocycles. The van der Waals surface area contributed by atoms with E-state index in [1.807, 2.05) is 24.3 Å². The first-order chi connectivity index (χ1) is 19.0. The number of aryl methyl sites for hydroxylation is 1. The molecule has 1 aliphatic rings. The van der Waals surface area contributed by atoms with Gasteiger partial charge in [-0.25, -0.2) is 14.4 Å². The normalized spacial score (nSPS) is 14.0. The van der Waals surface area contributed by atoms with Gasteiger partial charge in [0.2, 0.25) is 0 Å². The van der Waals surface area contributed by atoms with Crippen LogP contribution in [-0.2, 0) is 13.0 Å². The molecule has 3 N–H and O–H groups in total. The summed E-state index contributed by atoms with van der Waals surface area (Å²) in [5.41, 5.74) is 1.97. The van der Waals surface area contributed by atoms with Crippen LogP contribution in [0.25, 0.3) is 0 Å². The molecule has 0 aliphatic heterocycles. The number of nitrogens with zero attached hydrogens (tertiary/aromatic N) is 1. The van der Waals surface area contributed by atoms with Gasteiger partial charge in [0.15, 0.2) is 17.2 Å². The number of fused-ring (bicyclic) bond motifs is 1.